The van der Waals surface area contributed by atoms with E-state index in [4.69, 9.17) is 10.5 Å². The Morgan fingerprint density at radius 2 is 1.67 bits per heavy atom. The number of carbonyl (C=O) groups is 10. The number of hydrogen-bond acceptors (Lipinski definition) is 15. The van der Waals surface area contributed by atoms with E-state index in [0.29, 0.717) is 87.0 Å². The van der Waals surface area contributed by atoms with Crippen LogP contribution < -0.4 is 27.0 Å². The minimum Gasteiger partial charge on any atom is -0.438 e. The molecule has 6 heterocycles. The second-order valence-electron chi connectivity index (χ2n) is 25.3. The molecule has 2 unspecified atom stereocenters. The summed E-state index contributed by atoms with van der Waals surface area (Å²) in [6.07, 6.45) is 7.93. The fraction of sp³-hybridized carbons (Fsp3) is 0.587. The van der Waals surface area contributed by atoms with Gasteiger partial charge in [0.15, 0.2) is 0 Å². The molecule has 2 aromatic carbocycles. The number of nitrogens with two attached hydrogens (primary N) is 1. The molecule has 27 heteroatoms. The van der Waals surface area contributed by atoms with Gasteiger partial charge in [-0.2, -0.15) is 8.78 Å². The summed E-state index contributed by atoms with van der Waals surface area (Å²) in [4.78, 5) is 152. The summed E-state index contributed by atoms with van der Waals surface area (Å²) in [6.45, 7) is 7.42. The van der Waals surface area contributed by atoms with E-state index >= 15 is 8.78 Å². The van der Waals surface area contributed by atoms with Crippen LogP contribution in [0.15, 0.2) is 42.5 Å². The highest BCUT2D eigenvalue weighted by molar-refractivity contribution is 7.53. The molecule has 3 aromatic rings. The molecule has 9 rings (SSSR count). The van der Waals surface area contributed by atoms with Gasteiger partial charge in [-0.1, -0.05) is 50.2 Å². The van der Waals surface area contributed by atoms with Gasteiger partial charge in [-0.15, -0.1) is 11.3 Å². The van der Waals surface area contributed by atoms with Gasteiger partial charge in [0.05, 0.1) is 10.3 Å². The summed E-state index contributed by atoms with van der Waals surface area (Å²) >= 11 is 0.930. The largest absolute Gasteiger partial charge is 0.438 e. The Morgan fingerprint density at radius 1 is 0.922 bits per heavy atom. The Bertz CT molecular complexity index is 3400. The normalized spacial score (nSPS) is 22.6. The van der Waals surface area contributed by atoms with Crippen molar-refractivity contribution in [3.63, 3.8) is 0 Å². The number of hydrogen-bond donors (Lipinski definition) is 6. The maximum atomic E-state index is 15.6. The van der Waals surface area contributed by atoms with Crippen LogP contribution in [0.4, 0.5) is 8.78 Å². The molecule has 0 bridgehead atoms. The maximum Gasteiger partial charge on any atom is 0.404 e. The number of nitrogens with zero attached hydrogens (tertiary/aromatic N) is 4. The van der Waals surface area contributed by atoms with Crippen LogP contribution in [0.3, 0.4) is 0 Å². The molecule has 0 radical (unpaired) electrons. The van der Waals surface area contributed by atoms with E-state index in [2.05, 4.69) is 37.6 Å². The van der Waals surface area contributed by atoms with E-state index in [9.17, 15) is 57.4 Å². The predicted molar refractivity (Wildman–Crippen MR) is 325 cm³/mol. The molecule has 5 fully saturated rings. The summed E-state index contributed by atoms with van der Waals surface area (Å²) in [5, 5.41) is 11.1. The fourth-order valence-electron chi connectivity index (χ4n) is 13.0. The molecule has 90 heavy (non-hydrogen) atoms. The highest BCUT2D eigenvalue weighted by Gasteiger charge is 2.54. The number of alkyl halides is 2. The zero-order valence-corrected chi connectivity index (χ0v) is 52.9. The molecule has 6 aliphatic rings. The Labute approximate surface area is 525 Å². The Kier molecular flexibility index (Phi) is 21.3. The zero-order valence-electron chi connectivity index (χ0n) is 51.2. The number of piperidine rings is 2. The number of esters is 1. The number of fused-ring (bicyclic) bond motifs is 3. The first-order chi connectivity index (χ1) is 42.7. The van der Waals surface area contributed by atoms with Crippen molar-refractivity contribution in [3.8, 4) is 11.8 Å². The van der Waals surface area contributed by atoms with Crippen LogP contribution >= 0.6 is 18.9 Å². The standard InChI is InChI=1S/C63H80F2N9O14PS/c1-5-71-29-28-42-19-21-48(74(42)59(82)46(35-71)68-57(80)50-33-40-32-41(18-23-49(40)90-50)63(64,65)89(85,86)88-36-87-61(84)62(2,3)4)56(79)67-45(20-24-51(66)75)54(77)70-53(39-14-7-6-8-15-39)60(83)72-30-26-37(27-31-72)12-9-10-13-38-16-11-17-43-44(38)34-73(58(43)81)47-22-25-52(76)69-55(47)78/h11,16-18,23,32-33,37,39,42,45-48,53H,5-9,12,14-15,19-22,24-31,34-36H2,1-4H3,(H2,66,75)(H,67,79)(H,68,80)(H,70,77)(H,85,86)(H,69,76,78)/t42-,45+,46+,47?,48+,53+/m1/s1. The fourth-order valence-corrected chi connectivity index (χ4v) is 14.7. The number of amides is 9. The molecule has 1 aromatic heterocycles. The first-order valence-corrected chi connectivity index (χ1v) is 33.5. The number of imide groups is 1. The molecular weight excluding hydrogens is 1210 g/mol. The molecule has 4 saturated heterocycles. The van der Waals surface area contributed by atoms with Gasteiger partial charge < -0.3 is 50.9 Å². The lowest BCUT2D eigenvalue weighted by atomic mass is 9.82. The first-order valence-electron chi connectivity index (χ1n) is 31.1. The van der Waals surface area contributed by atoms with Gasteiger partial charge in [0.2, 0.25) is 48.1 Å². The van der Waals surface area contributed by atoms with Crippen LogP contribution in [0.5, 0.6) is 0 Å². The van der Waals surface area contributed by atoms with E-state index in [1.807, 2.05) is 17.9 Å². The number of halogens is 2. The number of ether oxygens (including phenoxy) is 1. The van der Waals surface area contributed by atoms with Gasteiger partial charge >= 0.3 is 19.2 Å². The van der Waals surface area contributed by atoms with Crippen molar-refractivity contribution in [2.45, 2.75) is 179 Å². The predicted octanol–water partition coefficient (Wildman–Crippen LogP) is 5.53. The van der Waals surface area contributed by atoms with Crippen LogP contribution in [0.1, 0.15) is 167 Å². The third-order valence-corrected chi connectivity index (χ3v) is 20.7. The van der Waals surface area contributed by atoms with Crippen LogP contribution in [-0.2, 0) is 64.4 Å². The molecule has 0 spiro atoms. The smallest absolute Gasteiger partial charge is 0.404 e. The SMILES string of the molecule is CCN1CC[C@H]2CC[C@@H](C(=O)N[C@@H](CCC(N)=O)C(=O)N[C@H](C(=O)N3CCC(CCC#Cc4cccc5c4CN(C4CCC(=O)NC4=O)C5=O)CC3)C3CCCCC3)N2C(=O)[C@@H](NC(=O)c2cc3cc(C(F)(F)P(=O)(O)OCOC(=O)C(C)(C)C)ccc3s2)C1. The first kappa shape index (κ1) is 67.2. The molecule has 1 aliphatic carbocycles. The Hall–Kier alpha value is -7.17. The minimum absolute atomic E-state index is 0.0292. The minimum atomic E-state index is -5.78. The van der Waals surface area contributed by atoms with Crippen molar-refractivity contribution >= 4 is 88.2 Å². The number of likely N-dealkylation sites (N-methyl/N-ethyl adjacent to an activating group) is 1. The van der Waals surface area contributed by atoms with Crippen LogP contribution in [0, 0.1) is 29.1 Å². The summed E-state index contributed by atoms with van der Waals surface area (Å²) in [5.74, 6) is 1.07. The molecule has 7 atom stereocenters. The van der Waals surface area contributed by atoms with Gasteiger partial charge in [0, 0.05) is 79.4 Å². The number of thiophene rings is 1. The highest BCUT2D eigenvalue weighted by Crippen LogP contribution is 2.63. The van der Waals surface area contributed by atoms with E-state index in [0.717, 1.165) is 54.7 Å². The highest BCUT2D eigenvalue weighted by atomic mass is 32.1. The molecule has 23 nitrogen and oxygen atoms in total. The van der Waals surface area contributed by atoms with Crippen molar-refractivity contribution in [2.24, 2.45) is 23.0 Å². The van der Waals surface area contributed by atoms with Crippen molar-refractivity contribution < 1.29 is 75.4 Å². The topological polar surface area (TPSA) is 314 Å². The van der Waals surface area contributed by atoms with Crippen molar-refractivity contribution in [1.82, 2.24) is 40.9 Å². The monoisotopic (exact) mass is 1290 g/mol. The number of benzene rings is 2. The number of primary amides is 1. The molecule has 486 valence electrons. The summed E-state index contributed by atoms with van der Waals surface area (Å²) in [7, 11) is -5.78. The van der Waals surface area contributed by atoms with E-state index in [-0.39, 0.29) is 85.0 Å². The van der Waals surface area contributed by atoms with Gasteiger partial charge in [0.1, 0.15) is 30.2 Å². The van der Waals surface area contributed by atoms with Gasteiger partial charge in [-0.05, 0) is 145 Å². The van der Waals surface area contributed by atoms with Crippen LogP contribution in [0.2, 0.25) is 0 Å². The average Bonchev–Trinajstić information content (AvgIpc) is 1.51. The van der Waals surface area contributed by atoms with Crippen molar-refractivity contribution in [2.75, 3.05) is 39.5 Å². The number of likely N-dealkylation sites (tertiary alicyclic amines) is 1. The number of nitrogens with one attached hydrogen (secondary N) is 4. The van der Waals surface area contributed by atoms with Crippen molar-refractivity contribution in [1.29, 1.82) is 0 Å². The third kappa shape index (κ3) is 15.4. The molecule has 7 N–H and O–H groups in total. The van der Waals surface area contributed by atoms with E-state index in [1.54, 1.807) is 17.0 Å². The van der Waals surface area contributed by atoms with Crippen LogP contribution in [0.25, 0.3) is 10.1 Å². The molecule has 1 saturated carbocycles. The second-order valence-corrected chi connectivity index (χ2v) is 28.3. The van der Waals surface area contributed by atoms with Gasteiger partial charge in [-0.25, -0.2) is 0 Å². The summed E-state index contributed by atoms with van der Waals surface area (Å²) < 4.78 is 53.7. The van der Waals surface area contributed by atoms with Gasteiger partial charge in [-0.3, -0.25) is 62.4 Å². The molecule has 9 amide bonds. The van der Waals surface area contributed by atoms with Gasteiger partial charge in [0.25, 0.3) is 11.8 Å². The average molecular weight is 1290 g/mol. The lowest BCUT2D eigenvalue weighted by Crippen LogP contribution is -2.62. The Balaban J connectivity index is 0.827. The Morgan fingerprint density at radius 3 is 2.37 bits per heavy atom. The lowest BCUT2D eigenvalue weighted by molar-refractivity contribution is -0.160. The zero-order chi connectivity index (χ0) is 64.8. The van der Waals surface area contributed by atoms with Crippen molar-refractivity contribution in [3.05, 3.63) is 69.6 Å². The van der Waals surface area contributed by atoms with E-state index < -0.39 is 109 Å². The second kappa shape index (κ2) is 28.6. The van der Waals surface area contributed by atoms with E-state index in [1.165, 1.54) is 42.7 Å². The number of carbonyl (C=O) groups excluding carboxylic acids is 10. The molecule has 5 aliphatic heterocycles. The summed E-state index contributed by atoms with van der Waals surface area (Å²) in [5.41, 5.74) is 1.16. The maximum absolute atomic E-state index is 15.6. The molecular formula is C63H80F2N9O14PS. The summed E-state index contributed by atoms with van der Waals surface area (Å²) in [6, 6.07) is 4.06. The quantitative estimate of drug-likeness (QED) is 0.0266. The third-order valence-electron chi connectivity index (χ3n) is 18.2. The lowest BCUT2D eigenvalue weighted by Gasteiger charge is -2.39. The number of rotatable bonds is 20. The van der Waals surface area contributed by atoms with Crippen LogP contribution in [-0.4, -0.2) is 159 Å².